The summed E-state index contributed by atoms with van der Waals surface area (Å²) in [6.07, 6.45) is 3.58. The van der Waals surface area contributed by atoms with Crippen molar-refractivity contribution in [1.82, 2.24) is 0 Å². The molecule has 0 saturated carbocycles. The molecule has 1 aliphatic carbocycles. The summed E-state index contributed by atoms with van der Waals surface area (Å²) in [4.78, 5) is 0. The molecule has 0 bridgehead atoms. The van der Waals surface area contributed by atoms with E-state index in [0.717, 1.165) is 0 Å². The first-order valence-electron chi connectivity index (χ1n) is 7.59. The maximum Gasteiger partial charge on any atom is 4.00 e. The second-order valence-electron chi connectivity index (χ2n) is 5.83. The van der Waals surface area contributed by atoms with Crippen molar-refractivity contribution >= 4 is 0 Å². The third-order valence-corrected chi connectivity index (χ3v) is 4.47. The van der Waals surface area contributed by atoms with Gasteiger partial charge in [0, 0.05) is 5.92 Å². The number of rotatable bonds is 3. The zero-order valence-corrected chi connectivity index (χ0v) is 18.4. The molecule has 0 aliphatic heterocycles. The molecule has 1 unspecified atom stereocenters. The van der Waals surface area contributed by atoms with Gasteiger partial charge in [0.1, 0.15) is 0 Å². The van der Waals surface area contributed by atoms with Gasteiger partial charge < -0.3 is 37.2 Å². The Balaban J connectivity index is 0. The molecule has 0 heterocycles. The Labute approximate surface area is 185 Å². The molecule has 1 atom stereocenters. The number of halogens is 3. The van der Waals surface area contributed by atoms with Gasteiger partial charge in [-0.1, -0.05) is 80.4 Å². The van der Waals surface area contributed by atoms with Crippen molar-refractivity contribution in [3.05, 3.63) is 94.6 Å². The van der Waals surface area contributed by atoms with Crippen LogP contribution < -0.4 is 37.2 Å². The molecular weight excluding hydrogens is 406 g/mol. The van der Waals surface area contributed by atoms with E-state index < -0.39 is 0 Å². The van der Waals surface area contributed by atoms with Gasteiger partial charge in [0.15, 0.2) is 0 Å². The van der Waals surface area contributed by atoms with Crippen molar-refractivity contribution in [3.63, 3.8) is 0 Å². The number of hydrogen-bond acceptors (Lipinski definition) is 0. The van der Waals surface area contributed by atoms with E-state index in [1.54, 1.807) is 0 Å². The molecule has 0 nitrogen and oxygen atoms in total. The number of allylic oxidation sites excluding steroid dienone is 4. The van der Waals surface area contributed by atoms with Crippen LogP contribution in [0, 0.1) is 12.0 Å². The fourth-order valence-electron chi connectivity index (χ4n) is 3.36. The van der Waals surface area contributed by atoms with Crippen molar-refractivity contribution in [2.24, 2.45) is 5.92 Å². The molecule has 0 amide bonds. The van der Waals surface area contributed by atoms with Crippen LogP contribution in [-0.2, 0) is 21.7 Å². The van der Waals surface area contributed by atoms with E-state index in [4.69, 9.17) is 0 Å². The Morgan fingerprint density at radius 3 is 1.48 bits per heavy atom. The van der Waals surface area contributed by atoms with Crippen LogP contribution in [0.3, 0.4) is 0 Å². The van der Waals surface area contributed by atoms with E-state index in [1.165, 1.54) is 27.8 Å². The van der Waals surface area contributed by atoms with Gasteiger partial charge in [0.05, 0.1) is 0 Å². The average molecular weight is 428 g/mol. The molecule has 0 spiro atoms. The van der Waals surface area contributed by atoms with Crippen LogP contribution >= 0.6 is 0 Å². The van der Waals surface area contributed by atoms with Gasteiger partial charge in [0.2, 0.25) is 0 Å². The molecule has 3 rings (SSSR count). The Bertz CT molecular complexity index is 654. The van der Waals surface area contributed by atoms with Crippen LogP contribution in [0.4, 0.5) is 0 Å². The van der Waals surface area contributed by atoms with Gasteiger partial charge in [-0.25, -0.2) is 5.57 Å². The molecule has 0 fully saturated rings. The monoisotopic (exact) mass is 426 g/mol. The summed E-state index contributed by atoms with van der Waals surface area (Å²) in [5.74, 6) is 0.711. The van der Waals surface area contributed by atoms with Gasteiger partial charge >= 0.3 is 21.7 Å². The van der Waals surface area contributed by atoms with Crippen molar-refractivity contribution in [2.75, 3.05) is 0 Å². The van der Waals surface area contributed by atoms with Crippen LogP contribution in [0.25, 0.3) is 0 Å². The Hall–Kier alpha value is -0.496. The standard InChI is InChI=1S/C21H21.3ClH.Ti/c1-15-14-16(2)20(17(15)3)21(18-10-6-4-7-11-18)19-12-8-5-9-13-19;;;;/h4-13,16,21H,1-3H3;3*1H;/q-1;;;;+4/p-3. The van der Waals surface area contributed by atoms with E-state index in [1.807, 2.05) is 0 Å². The molecule has 0 saturated heterocycles. The van der Waals surface area contributed by atoms with E-state index in [9.17, 15) is 0 Å². The number of hydrogen-bond donors (Lipinski definition) is 0. The van der Waals surface area contributed by atoms with Gasteiger partial charge in [-0.05, 0) is 11.1 Å². The topological polar surface area (TPSA) is 0 Å². The fraction of sp³-hybridized carbons (Fsp3) is 0.238. The van der Waals surface area contributed by atoms with E-state index in [0.29, 0.717) is 11.8 Å². The van der Waals surface area contributed by atoms with Crippen molar-refractivity contribution in [3.8, 4) is 0 Å². The van der Waals surface area contributed by atoms with Crippen LogP contribution in [0.2, 0.25) is 0 Å². The van der Waals surface area contributed by atoms with Crippen LogP contribution in [0.1, 0.15) is 37.8 Å². The Morgan fingerprint density at radius 2 is 1.16 bits per heavy atom. The summed E-state index contributed by atoms with van der Waals surface area (Å²) < 4.78 is 0. The Morgan fingerprint density at radius 1 is 0.760 bits per heavy atom. The molecule has 25 heavy (non-hydrogen) atoms. The van der Waals surface area contributed by atoms with E-state index >= 15 is 0 Å². The minimum atomic E-state index is 0. The summed E-state index contributed by atoms with van der Waals surface area (Å²) in [6.45, 7) is 6.67. The van der Waals surface area contributed by atoms with Crippen LogP contribution in [0.15, 0.2) is 77.4 Å². The van der Waals surface area contributed by atoms with Crippen molar-refractivity contribution < 1.29 is 58.9 Å². The summed E-state index contributed by atoms with van der Waals surface area (Å²) in [5, 5.41) is 0. The molecule has 0 aromatic heterocycles. The van der Waals surface area contributed by atoms with Gasteiger partial charge in [-0.3, -0.25) is 6.08 Å². The third-order valence-electron chi connectivity index (χ3n) is 4.47. The quantitative estimate of drug-likeness (QED) is 0.353. The van der Waals surface area contributed by atoms with Gasteiger partial charge in [-0.2, -0.15) is 5.57 Å². The minimum Gasteiger partial charge on any atom is -1.00 e. The van der Waals surface area contributed by atoms with Gasteiger partial charge in [0.25, 0.3) is 0 Å². The fourth-order valence-corrected chi connectivity index (χ4v) is 3.36. The molecule has 4 heteroatoms. The number of benzene rings is 2. The minimum absolute atomic E-state index is 0. The molecule has 0 N–H and O–H groups in total. The molecule has 2 aromatic rings. The average Bonchev–Trinajstić information content (AvgIpc) is 2.76. The predicted octanol–water partition coefficient (Wildman–Crippen LogP) is -3.46. The molecule has 2 aromatic carbocycles. The second kappa shape index (κ2) is 12.0. The maximum atomic E-state index is 3.58. The smallest absolute Gasteiger partial charge is 1.00 e. The predicted molar refractivity (Wildman–Crippen MR) is 89.0 cm³/mol. The van der Waals surface area contributed by atoms with Crippen molar-refractivity contribution in [1.29, 1.82) is 0 Å². The SMILES string of the molecule is CC1=[C-]C(C)C(C(c2ccccc2)c2ccccc2)=C1C.[Cl-].[Cl-].[Cl-].[Ti+4]. The zero-order chi connectivity index (χ0) is 14.8. The van der Waals surface area contributed by atoms with Crippen LogP contribution in [0.5, 0.6) is 0 Å². The van der Waals surface area contributed by atoms with E-state index in [-0.39, 0.29) is 58.9 Å². The first-order valence-corrected chi connectivity index (χ1v) is 7.59. The maximum absolute atomic E-state index is 3.58. The Kier molecular flexibility index (Phi) is 12.8. The van der Waals surface area contributed by atoms with Crippen molar-refractivity contribution in [2.45, 2.75) is 26.7 Å². The summed E-state index contributed by atoms with van der Waals surface area (Å²) in [5.41, 5.74) is 6.92. The molecule has 0 radical (unpaired) electrons. The summed E-state index contributed by atoms with van der Waals surface area (Å²) in [7, 11) is 0. The van der Waals surface area contributed by atoms with Crippen LogP contribution in [-0.4, -0.2) is 0 Å². The molecular formula is C21H21Cl3Ti. The first-order chi connectivity index (χ1) is 10.2. The summed E-state index contributed by atoms with van der Waals surface area (Å²) >= 11 is 0. The third kappa shape index (κ3) is 5.74. The van der Waals surface area contributed by atoms with Gasteiger partial charge in [-0.15, -0.1) is 12.5 Å². The second-order valence-corrected chi connectivity index (χ2v) is 5.83. The van der Waals surface area contributed by atoms with E-state index in [2.05, 4.69) is 87.5 Å². The first kappa shape index (κ1) is 26.7. The zero-order valence-electron chi connectivity index (χ0n) is 14.6. The summed E-state index contributed by atoms with van der Waals surface area (Å²) in [6, 6.07) is 21.6. The largest absolute Gasteiger partial charge is 4.00 e. The molecule has 130 valence electrons. The molecule has 1 aliphatic rings. The normalized spacial score (nSPS) is 15.4.